The van der Waals surface area contributed by atoms with Gasteiger partial charge in [0, 0.05) is 42.5 Å². The molecule has 0 bridgehead atoms. The first-order valence-corrected chi connectivity index (χ1v) is 13.0. The summed E-state index contributed by atoms with van der Waals surface area (Å²) in [6.45, 7) is 1.42. The number of benzene rings is 1. The van der Waals surface area contributed by atoms with E-state index in [0.29, 0.717) is 49.6 Å². The number of halogens is 7. The molecule has 2 aromatic heterocycles. The Balaban J connectivity index is 1.41. The molecule has 2 aliphatic rings. The van der Waals surface area contributed by atoms with Crippen LogP contribution in [0.15, 0.2) is 36.5 Å². The van der Waals surface area contributed by atoms with Gasteiger partial charge in [0.25, 0.3) is 0 Å². The highest BCUT2D eigenvalue weighted by Crippen LogP contribution is 2.42. The molecule has 0 aliphatic carbocycles. The van der Waals surface area contributed by atoms with Gasteiger partial charge in [-0.15, -0.1) is 0 Å². The van der Waals surface area contributed by atoms with Crippen LogP contribution in [0.3, 0.4) is 0 Å². The molecule has 10 nitrogen and oxygen atoms in total. The fraction of sp³-hybridized carbons (Fsp3) is 0.440. The number of alkyl halides is 6. The minimum atomic E-state index is -5.05. The highest BCUT2D eigenvalue weighted by Gasteiger charge is 2.46. The molecule has 0 radical (unpaired) electrons. The SMILES string of the molecule is Nc1nc(O[C@H](c2ccc(Cl)cc2-n2ccc(C(F)(F)F)n2)C(F)(F)F)cc(N2CCC3(CC2)CNC(C(=O)O)C3)n1. The zero-order valence-electron chi connectivity index (χ0n) is 21.6. The van der Waals surface area contributed by atoms with Gasteiger partial charge < -0.3 is 25.8 Å². The summed E-state index contributed by atoms with van der Waals surface area (Å²) in [6, 6.07) is 4.36. The number of carboxylic acid groups (broad SMARTS) is 1. The van der Waals surface area contributed by atoms with Gasteiger partial charge in [0.2, 0.25) is 17.9 Å². The Hall–Kier alpha value is -3.79. The van der Waals surface area contributed by atoms with Crippen LogP contribution < -0.4 is 20.7 Å². The van der Waals surface area contributed by atoms with Crippen LogP contribution in [0.2, 0.25) is 5.02 Å². The summed E-state index contributed by atoms with van der Waals surface area (Å²) >= 11 is 5.98. The molecule has 1 aromatic carbocycles. The van der Waals surface area contributed by atoms with E-state index < -0.39 is 47.6 Å². The van der Waals surface area contributed by atoms with E-state index in [0.717, 1.165) is 24.4 Å². The van der Waals surface area contributed by atoms with Crippen LogP contribution in [0.25, 0.3) is 5.69 Å². The Morgan fingerprint density at radius 2 is 1.86 bits per heavy atom. The third kappa shape index (κ3) is 6.18. The summed E-state index contributed by atoms with van der Waals surface area (Å²) < 4.78 is 88.5. The lowest BCUT2D eigenvalue weighted by molar-refractivity contribution is -0.198. The first kappa shape index (κ1) is 29.7. The second-order valence-electron chi connectivity index (χ2n) is 10.3. The fourth-order valence-electron chi connectivity index (χ4n) is 5.31. The number of piperidine rings is 1. The highest BCUT2D eigenvalue weighted by atomic mass is 35.5. The van der Waals surface area contributed by atoms with Crippen LogP contribution in [-0.4, -0.2) is 62.7 Å². The van der Waals surface area contributed by atoms with Crippen molar-refractivity contribution in [2.24, 2.45) is 5.41 Å². The van der Waals surface area contributed by atoms with Crippen molar-refractivity contribution in [3.63, 3.8) is 0 Å². The second kappa shape index (κ2) is 10.8. The molecule has 4 N–H and O–H groups in total. The number of carboxylic acids is 1. The zero-order chi connectivity index (χ0) is 30.4. The van der Waals surface area contributed by atoms with Crippen LogP contribution in [-0.2, 0) is 11.0 Å². The van der Waals surface area contributed by atoms with Crippen molar-refractivity contribution in [1.29, 1.82) is 0 Å². The normalized spacial score (nSPS) is 19.7. The predicted octanol–water partition coefficient (Wildman–Crippen LogP) is 4.63. The highest BCUT2D eigenvalue weighted by molar-refractivity contribution is 6.30. The van der Waals surface area contributed by atoms with E-state index in [1.165, 1.54) is 6.07 Å². The summed E-state index contributed by atoms with van der Waals surface area (Å²) in [5.41, 5.74) is 3.35. The minimum absolute atomic E-state index is 0.0395. The van der Waals surface area contributed by atoms with Gasteiger partial charge in [0.1, 0.15) is 11.9 Å². The number of rotatable bonds is 6. The third-order valence-corrected chi connectivity index (χ3v) is 7.69. The molecule has 0 amide bonds. The number of hydrogen-bond acceptors (Lipinski definition) is 8. The molecule has 42 heavy (non-hydrogen) atoms. The predicted molar refractivity (Wildman–Crippen MR) is 137 cm³/mol. The summed E-state index contributed by atoms with van der Waals surface area (Å²) in [4.78, 5) is 21.1. The number of aliphatic carboxylic acids is 1. The summed E-state index contributed by atoms with van der Waals surface area (Å²) in [7, 11) is 0. The van der Waals surface area contributed by atoms with Crippen molar-refractivity contribution in [3.05, 3.63) is 52.8 Å². The summed E-state index contributed by atoms with van der Waals surface area (Å²) in [5, 5.41) is 15.7. The van der Waals surface area contributed by atoms with Crippen molar-refractivity contribution in [3.8, 4) is 11.6 Å². The smallest absolute Gasteiger partial charge is 0.435 e. The number of carbonyl (C=O) groups is 1. The van der Waals surface area contributed by atoms with Crippen LogP contribution in [0, 0.1) is 5.41 Å². The largest absolute Gasteiger partial charge is 0.480 e. The Labute approximate surface area is 239 Å². The Morgan fingerprint density at radius 1 is 1.14 bits per heavy atom. The maximum atomic E-state index is 14.4. The van der Waals surface area contributed by atoms with Crippen molar-refractivity contribution < 1.29 is 41.0 Å². The molecule has 226 valence electrons. The van der Waals surface area contributed by atoms with Crippen molar-refractivity contribution in [2.45, 2.75) is 43.8 Å². The molecule has 17 heteroatoms. The van der Waals surface area contributed by atoms with Crippen LogP contribution in [0.5, 0.6) is 5.88 Å². The molecule has 1 spiro atoms. The van der Waals surface area contributed by atoms with Gasteiger partial charge in [-0.25, -0.2) is 4.68 Å². The van der Waals surface area contributed by atoms with Crippen LogP contribution in [0.1, 0.15) is 36.6 Å². The van der Waals surface area contributed by atoms with Crippen molar-refractivity contribution >= 4 is 29.3 Å². The fourth-order valence-corrected chi connectivity index (χ4v) is 5.48. The monoisotopic (exact) mass is 619 g/mol. The van der Waals surface area contributed by atoms with Gasteiger partial charge >= 0.3 is 18.3 Å². The minimum Gasteiger partial charge on any atom is -0.480 e. The summed E-state index contributed by atoms with van der Waals surface area (Å²) in [6.07, 6.45) is -9.98. The Morgan fingerprint density at radius 3 is 2.45 bits per heavy atom. The molecule has 2 atom stereocenters. The molecule has 2 saturated heterocycles. The molecule has 2 aliphatic heterocycles. The Bertz CT molecular complexity index is 1470. The molecule has 3 aromatic rings. The average Bonchev–Trinajstić information content (AvgIpc) is 3.56. The van der Waals surface area contributed by atoms with E-state index in [1.54, 1.807) is 4.90 Å². The van der Waals surface area contributed by atoms with Crippen molar-refractivity contribution in [1.82, 2.24) is 25.1 Å². The average molecular weight is 620 g/mol. The number of hydrogen-bond donors (Lipinski definition) is 3. The molecule has 0 saturated carbocycles. The van der Waals surface area contributed by atoms with Crippen molar-refractivity contribution in [2.75, 3.05) is 30.3 Å². The number of nitrogens with zero attached hydrogens (tertiary/aromatic N) is 5. The van der Waals surface area contributed by atoms with E-state index in [-0.39, 0.29) is 27.9 Å². The zero-order valence-corrected chi connectivity index (χ0v) is 22.3. The standard InChI is InChI=1S/C25H24ClF6N7O3/c26-13-1-2-14(16(9-13)39-6-3-17(37-39)24(27,28)29)20(25(30,31)32)42-19-10-18(35-22(33)36-19)38-7-4-23(5-8-38)11-15(21(40)41)34-12-23/h1-3,6,9-10,15,20,34H,4-5,7-8,11-12H2,(H,40,41)(H2,33,35,36)/t15?,20-/m1/s1. The summed E-state index contributed by atoms with van der Waals surface area (Å²) in [5.74, 6) is -1.57. The van der Waals surface area contributed by atoms with E-state index in [4.69, 9.17) is 22.1 Å². The molecule has 4 heterocycles. The first-order valence-electron chi connectivity index (χ1n) is 12.7. The van der Waals surface area contributed by atoms with Crippen LogP contribution >= 0.6 is 11.6 Å². The van der Waals surface area contributed by atoms with Gasteiger partial charge in [0.15, 0.2) is 5.69 Å². The van der Waals surface area contributed by atoms with Gasteiger partial charge in [-0.2, -0.15) is 41.4 Å². The number of ether oxygens (including phenoxy) is 1. The van der Waals surface area contributed by atoms with Gasteiger partial charge in [-0.3, -0.25) is 4.79 Å². The number of nitrogen functional groups attached to an aromatic ring is 1. The van der Waals surface area contributed by atoms with Gasteiger partial charge in [0.05, 0.1) is 5.69 Å². The van der Waals surface area contributed by atoms with Crippen LogP contribution in [0.4, 0.5) is 38.1 Å². The number of nitrogens with one attached hydrogen (secondary N) is 1. The van der Waals surface area contributed by atoms with E-state index in [2.05, 4.69) is 20.4 Å². The molecule has 1 unspecified atom stereocenters. The number of aromatic nitrogens is 4. The molecule has 5 rings (SSSR count). The van der Waals surface area contributed by atoms with Gasteiger partial charge in [-0.05, 0) is 42.9 Å². The van der Waals surface area contributed by atoms with Gasteiger partial charge in [-0.1, -0.05) is 17.7 Å². The maximum absolute atomic E-state index is 14.4. The number of nitrogens with two attached hydrogens (primary N) is 1. The van der Waals surface area contributed by atoms with E-state index in [1.807, 2.05) is 0 Å². The Kier molecular flexibility index (Phi) is 7.64. The topological polar surface area (TPSA) is 131 Å². The lowest BCUT2D eigenvalue weighted by Gasteiger charge is -2.39. The molecule has 2 fully saturated rings. The lowest BCUT2D eigenvalue weighted by atomic mass is 9.76. The quantitative estimate of drug-likeness (QED) is 0.338. The first-order chi connectivity index (χ1) is 19.6. The molecular formula is C25H24ClF6N7O3. The van der Waals surface area contributed by atoms with E-state index >= 15 is 0 Å². The number of anilines is 2. The molecular weight excluding hydrogens is 596 g/mol. The third-order valence-electron chi connectivity index (χ3n) is 7.45. The second-order valence-corrected chi connectivity index (χ2v) is 10.7. The lowest BCUT2D eigenvalue weighted by Crippen LogP contribution is -2.41. The van der Waals surface area contributed by atoms with E-state index in [9.17, 15) is 36.2 Å². The maximum Gasteiger partial charge on any atom is 0.435 e.